The minimum absolute atomic E-state index is 0.0999. The molecule has 2 aromatic carbocycles. The molecule has 1 unspecified atom stereocenters. The smallest absolute Gasteiger partial charge is 0.278 e. The minimum Gasteiger partial charge on any atom is -0.493 e. The molecule has 2 heterocycles. The molecule has 1 atom stereocenters. The fourth-order valence-corrected chi connectivity index (χ4v) is 3.94. The second-order valence-corrected chi connectivity index (χ2v) is 7.65. The molecule has 10 nitrogen and oxygen atoms in total. The molecule has 1 aliphatic heterocycles. The van der Waals surface area contributed by atoms with Crippen LogP contribution >= 0.6 is 0 Å². The van der Waals surface area contributed by atoms with Crippen LogP contribution in [-0.2, 0) is 16.1 Å². The van der Waals surface area contributed by atoms with Crippen LogP contribution in [0.5, 0.6) is 11.5 Å². The van der Waals surface area contributed by atoms with Crippen molar-refractivity contribution in [3.05, 3.63) is 58.4 Å². The molecule has 1 aliphatic rings. The fourth-order valence-electron chi connectivity index (χ4n) is 3.94. The first-order valence-corrected chi connectivity index (χ1v) is 10.7. The highest BCUT2D eigenvalue weighted by atomic mass is 16.5. The first kappa shape index (κ1) is 22.7. The van der Waals surface area contributed by atoms with Crippen LogP contribution in [0, 0.1) is 0 Å². The Morgan fingerprint density at radius 1 is 1.12 bits per heavy atom. The second-order valence-electron chi connectivity index (χ2n) is 7.65. The lowest BCUT2D eigenvalue weighted by molar-refractivity contribution is -0.122. The first-order chi connectivity index (χ1) is 16.1. The van der Waals surface area contributed by atoms with Gasteiger partial charge in [-0.2, -0.15) is 0 Å². The Balaban J connectivity index is 1.50. The Bertz CT molecular complexity index is 1180. The van der Waals surface area contributed by atoms with Crippen molar-refractivity contribution in [3.63, 3.8) is 0 Å². The van der Waals surface area contributed by atoms with Crippen LogP contribution < -0.4 is 20.3 Å². The van der Waals surface area contributed by atoms with Gasteiger partial charge >= 0.3 is 0 Å². The molecule has 1 N–H and O–H groups in total. The Morgan fingerprint density at radius 3 is 2.64 bits per heavy atom. The topological polar surface area (TPSA) is 108 Å². The summed E-state index contributed by atoms with van der Waals surface area (Å²) in [5.74, 6) is 0.943. The van der Waals surface area contributed by atoms with Gasteiger partial charge in [0.1, 0.15) is 12.1 Å². The molecular weight excluding hydrogens is 426 g/mol. The minimum atomic E-state index is -0.347. The van der Waals surface area contributed by atoms with Gasteiger partial charge in [0.05, 0.1) is 38.9 Å². The number of nitrogens with one attached hydrogen (secondary N) is 1. The maximum atomic E-state index is 12.7. The predicted molar refractivity (Wildman–Crippen MR) is 121 cm³/mol. The maximum absolute atomic E-state index is 12.7. The Labute approximate surface area is 191 Å². The average Bonchev–Trinajstić information content (AvgIpc) is 2.86. The third-order valence-corrected chi connectivity index (χ3v) is 5.69. The lowest BCUT2D eigenvalue weighted by Gasteiger charge is -2.35. The lowest BCUT2D eigenvalue weighted by atomic mass is 10.0. The molecule has 0 aliphatic carbocycles. The van der Waals surface area contributed by atoms with E-state index in [4.69, 9.17) is 14.2 Å². The van der Waals surface area contributed by atoms with Gasteiger partial charge in [-0.3, -0.25) is 14.5 Å². The van der Waals surface area contributed by atoms with Crippen molar-refractivity contribution in [1.29, 1.82) is 0 Å². The van der Waals surface area contributed by atoms with E-state index in [2.05, 4.69) is 20.5 Å². The van der Waals surface area contributed by atoms with E-state index in [1.54, 1.807) is 38.5 Å². The van der Waals surface area contributed by atoms with Gasteiger partial charge in [0.25, 0.3) is 5.56 Å². The van der Waals surface area contributed by atoms with E-state index < -0.39 is 0 Å². The summed E-state index contributed by atoms with van der Waals surface area (Å²) in [6.45, 7) is 2.87. The number of nitrogens with zero attached hydrogens (tertiary/aromatic N) is 4. The number of hydrogen-bond donors (Lipinski definition) is 1. The highest BCUT2D eigenvalue weighted by Crippen LogP contribution is 2.32. The molecule has 4 rings (SSSR count). The van der Waals surface area contributed by atoms with Crippen LogP contribution in [0.1, 0.15) is 11.6 Å². The van der Waals surface area contributed by atoms with E-state index in [1.165, 1.54) is 0 Å². The third kappa shape index (κ3) is 5.12. The molecular formula is C23H27N5O5. The number of hydrogen-bond acceptors (Lipinski definition) is 8. The number of aromatic nitrogens is 3. The summed E-state index contributed by atoms with van der Waals surface area (Å²) >= 11 is 0. The molecule has 3 aromatic rings. The molecule has 1 fully saturated rings. The number of morpholine rings is 1. The highest BCUT2D eigenvalue weighted by molar-refractivity contribution is 5.78. The Kier molecular flexibility index (Phi) is 7.16. The van der Waals surface area contributed by atoms with Crippen LogP contribution in [0.3, 0.4) is 0 Å². The zero-order valence-electron chi connectivity index (χ0n) is 18.7. The fraction of sp³-hybridized carbons (Fsp3) is 0.391. The van der Waals surface area contributed by atoms with Gasteiger partial charge < -0.3 is 19.5 Å². The number of benzene rings is 2. The second kappa shape index (κ2) is 10.4. The highest BCUT2D eigenvalue weighted by Gasteiger charge is 2.24. The normalized spacial score (nSPS) is 15.2. The standard InChI is InChI=1S/C23H27N5O5/c1-31-20-8-7-16(13-21(20)32-2)19(27-9-11-33-12-10-27)14-24-22(29)15-28-23(30)17-5-3-4-6-18(17)25-26-28/h3-8,13,19H,9-12,14-15H2,1-2H3,(H,24,29). The molecule has 1 aromatic heterocycles. The summed E-state index contributed by atoms with van der Waals surface area (Å²) in [5, 5.41) is 11.3. The van der Waals surface area contributed by atoms with Gasteiger partial charge in [-0.05, 0) is 29.8 Å². The number of carbonyl (C=O) groups excluding carboxylic acids is 1. The van der Waals surface area contributed by atoms with Gasteiger partial charge in [-0.1, -0.05) is 23.4 Å². The van der Waals surface area contributed by atoms with Crippen molar-refractivity contribution in [3.8, 4) is 11.5 Å². The van der Waals surface area contributed by atoms with Crippen LogP contribution in [0.4, 0.5) is 0 Å². The number of rotatable bonds is 8. The largest absolute Gasteiger partial charge is 0.493 e. The molecule has 0 spiro atoms. The van der Waals surface area contributed by atoms with Crippen molar-refractivity contribution < 1.29 is 19.0 Å². The summed E-state index contributed by atoms with van der Waals surface area (Å²) in [7, 11) is 3.18. The van der Waals surface area contributed by atoms with Crippen LogP contribution in [0.2, 0.25) is 0 Å². The first-order valence-electron chi connectivity index (χ1n) is 10.7. The van der Waals surface area contributed by atoms with Crippen LogP contribution in [0.15, 0.2) is 47.3 Å². The zero-order valence-corrected chi connectivity index (χ0v) is 18.7. The molecule has 10 heteroatoms. The van der Waals surface area contributed by atoms with Gasteiger partial charge in [0, 0.05) is 19.6 Å². The van der Waals surface area contributed by atoms with Crippen molar-refractivity contribution in [2.45, 2.75) is 12.6 Å². The van der Waals surface area contributed by atoms with Crippen LogP contribution in [-0.4, -0.2) is 72.9 Å². The van der Waals surface area contributed by atoms with E-state index in [0.717, 1.165) is 23.3 Å². The molecule has 0 radical (unpaired) electrons. The Hall–Kier alpha value is -3.50. The molecule has 1 amide bonds. The average molecular weight is 453 g/mol. The van der Waals surface area contributed by atoms with Crippen molar-refractivity contribution >= 4 is 16.8 Å². The summed E-state index contributed by atoms with van der Waals surface area (Å²) in [5.41, 5.74) is 1.14. The molecule has 174 valence electrons. The lowest BCUT2D eigenvalue weighted by Crippen LogP contribution is -2.44. The van der Waals surface area contributed by atoms with E-state index in [1.807, 2.05) is 18.2 Å². The van der Waals surface area contributed by atoms with Crippen molar-refractivity contribution in [2.24, 2.45) is 0 Å². The summed E-state index contributed by atoms with van der Waals surface area (Å²) < 4.78 is 17.4. The summed E-state index contributed by atoms with van der Waals surface area (Å²) in [6, 6.07) is 12.6. The van der Waals surface area contributed by atoms with Gasteiger partial charge in [-0.25, -0.2) is 4.68 Å². The van der Waals surface area contributed by atoms with Crippen molar-refractivity contribution in [1.82, 2.24) is 25.2 Å². The van der Waals surface area contributed by atoms with Crippen molar-refractivity contribution in [2.75, 3.05) is 47.1 Å². The van der Waals surface area contributed by atoms with Gasteiger partial charge in [-0.15, -0.1) is 5.10 Å². The maximum Gasteiger partial charge on any atom is 0.278 e. The molecule has 0 bridgehead atoms. The number of ether oxygens (including phenoxy) is 3. The molecule has 1 saturated heterocycles. The number of methoxy groups -OCH3 is 2. The van der Waals surface area contributed by atoms with E-state index >= 15 is 0 Å². The van der Waals surface area contributed by atoms with E-state index in [-0.39, 0.29) is 24.1 Å². The predicted octanol–water partition coefficient (Wildman–Crippen LogP) is 0.998. The van der Waals surface area contributed by atoms with Crippen LogP contribution in [0.25, 0.3) is 10.9 Å². The molecule has 0 saturated carbocycles. The van der Waals surface area contributed by atoms with E-state index in [9.17, 15) is 9.59 Å². The molecule has 33 heavy (non-hydrogen) atoms. The van der Waals surface area contributed by atoms with E-state index in [0.29, 0.717) is 42.2 Å². The van der Waals surface area contributed by atoms with Gasteiger partial charge in [0.2, 0.25) is 5.91 Å². The number of carbonyl (C=O) groups is 1. The summed E-state index contributed by atoms with van der Waals surface area (Å²) in [6.07, 6.45) is 0. The number of fused-ring (bicyclic) bond motifs is 1. The Morgan fingerprint density at radius 2 is 1.88 bits per heavy atom. The quantitative estimate of drug-likeness (QED) is 0.538. The third-order valence-electron chi connectivity index (χ3n) is 5.69. The monoisotopic (exact) mass is 453 g/mol. The zero-order chi connectivity index (χ0) is 23.2. The SMILES string of the molecule is COc1ccc(C(CNC(=O)Cn2nnc3ccccc3c2=O)N2CCOCC2)cc1OC. The summed E-state index contributed by atoms with van der Waals surface area (Å²) in [4.78, 5) is 27.6. The van der Waals surface area contributed by atoms with Gasteiger partial charge in [0.15, 0.2) is 11.5 Å². The number of amides is 1.